The largest absolute Gasteiger partial charge is 0.360 e. The topological polar surface area (TPSA) is 70.4 Å². The highest BCUT2D eigenvalue weighted by Gasteiger charge is 2.42. The van der Waals surface area contributed by atoms with Crippen LogP contribution >= 0.6 is 0 Å². The zero-order valence-corrected chi connectivity index (χ0v) is 15.7. The molecule has 2 aromatic rings. The number of carbonyl (C=O) groups excluding carboxylic acids is 1. The zero-order valence-electron chi connectivity index (χ0n) is 15.7. The van der Waals surface area contributed by atoms with Gasteiger partial charge < -0.3 is 9.42 Å². The second-order valence-electron chi connectivity index (χ2n) is 7.49. The van der Waals surface area contributed by atoms with Gasteiger partial charge in [-0.3, -0.25) is 15.6 Å². The molecule has 2 fully saturated rings. The molecule has 0 saturated carbocycles. The molecule has 1 aromatic carbocycles. The number of hydrogen-bond acceptors (Lipinski definition) is 5. The van der Waals surface area contributed by atoms with Gasteiger partial charge in [-0.15, -0.1) is 0 Å². The van der Waals surface area contributed by atoms with Crippen LogP contribution in [-0.2, 0) is 0 Å². The predicted molar refractivity (Wildman–Crippen MR) is 98.7 cm³/mol. The van der Waals surface area contributed by atoms with Crippen molar-refractivity contribution in [2.24, 2.45) is 0 Å². The fourth-order valence-electron chi connectivity index (χ4n) is 4.28. The molecule has 0 spiro atoms. The van der Waals surface area contributed by atoms with Crippen LogP contribution in [0.25, 0.3) is 0 Å². The number of halogens is 1. The fraction of sp³-hybridized carbons (Fsp3) is 0.500. The summed E-state index contributed by atoms with van der Waals surface area (Å²) in [6, 6.07) is 5.97. The van der Waals surface area contributed by atoms with Crippen LogP contribution in [0.3, 0.4) is 0 Å². The Kier molecular flexibility index (Phi) is 4.97. The van der Waals surface area contributed by atoms with Crippen LogP contribution in [-0.4, -0.2) is 41.1 Å². The maximum absolute atomic E-state index is 13.6. The number of rotatable bonds is 3. The number of nitrogens with one attached hydrogen (secondary N) is 2. The van der Waals surface area contributed by atoms with E-state index in [1.165, 1.54) is 12.1 Å². The van der Waals surface area contributed by atoms with Gasteiger partial charge in [0.2, 0.25) is 0 Å². The third kappa shape index (κ3) is 3.37. The Morgan fingerprint density at radius 2 is 2.19 bits per heavy atom. The number of aryl methyl sites for hydroxylation is 1. The van der Waals surface area contributed by atoms with Crippen LogP contribution in [0.15, 0.2) is 28.8 Å². The lowest BCUT2D eigenvalue weighted by atomic mass is 9.85. The Balaban J connectivity index is 1.62. The van der Waals surface area contributed by atoms with Gasteiger partial charge in [-0.05, 0) is 51.3 Å². The Bertz CT molecular complexity index is 837. The van der Waals surface area contributed by atoms with Crippen molar-refractivity contribution in [3.8, 4) is 0 Å². The molecule has 0 aliphatic carbocycles. The molecular weight excluding hydrogens is 347 g/mol. The lowest BCUT2D eigenvalue weighted by Gasteiger charge is -2.40. The van der Waals surface area contributed by atoms with Crippen molar-refractivity contribution in [3.05, 3.63) is 52.7 Å². The maximum Gasteiger partial charge on any atom is 0.254 e. The van der Waals surface area contributed by atoms with E-state index in [-0.39, 0.29) is 29.7 Å². The van der Waals surface area contributed by atoms with Crippen molar-refractivity contribution in [1.29, 1.82) is 0 Å². The first-order chi connectivity index (χ1) is 13.1. The van der Waals surface area contributed by atoms with Crippen molar-refractivity contribution >= 4 is 5.91 Å². The van der Waals surface area contributed by atoms with Crippen molar-refractivity contribution in [2.75, 3.05) is 13.1 Å². The molecule has 7 heteroatoms. The van der Waals surface area contributed by atoms with E-state index in [9.17, 15) is 9.18 Å². The number of likely N-dealkylation sites (tertiary alicyclic amines) is 1. The van der Waals surface area contributed by atoms with E-state index in [1.807, 2.05) is 18.7 Å². The van der Waals surface area contributed by atoms with Gasteiger partial charge in [0.25, 0.3) is 5.91 Å². The molecule has 0 bridgehead atoms. The van der Waals surface area contributed by atoms with Gasteiger partial charge in [0.15, 0.2) is 0 Å². The summed E-state index contributed by atoms with van der Waals surface area (Å²) in [5, 5.41) is 4.10. The van der Waals surface area contributed by atoms with Crippen molar-refractivity contribution in [2.45, 2.75) is 51.1 Å². The molecule has 1 amide bonds. The van der Waals surface area contributed by atoms with Gasteiger partial charge in [-0.25, -0.2) is 4.39 Å². The van der Waals surface area contributed by atoms with Gasteiger partial charge in [-0.2, -0.15) is 0 Å². The number of aromatic nitrogens is 1. The first-order valence-electron chi connectivity index (χ1n) is 9.54. The minimum Gasteiger partial charge on any atom is -0.360 e. The average Bonchev–Trinajstić information content (AvgIpc) is 3.28. The molecule has 2 aliphatic heterocycles. The van der Waals surface area contributed by atoms with E-state index in [4.69, 9.17) is 4.52 Å². The average molecular weight is 372 g/mol. The summed E-state index contributed by atoms with van der Waals surface area (Å²) in [7, 11) is 0. The summed E-state index contributed by atoms with van der Waals surface area (Å²) < 4.78 is 19.2. The quantitative estimate of drug-likeness (QED) is 0.867. The summed E-state index contributed by atoms with van der Waals surface area (Å²) in [5.74, 6) is 0.466. The third-order valence-electron chi connectivity index (χ3n) is 5.85. The number of hydrazine groups is 1. The molecule has 4 rings (SSSR count). The maximum atomic E-state index is 13.6. The highest BCUT2D eigenvalue weighted by molar-refractivity contribution is 5.94. The van der Waals surface area contributed by atoms with Gasteiger partial charge in [0.1, 0.15) is 11.6 Å². The minimum atomic E-state index is -0.388. The zero-order chi connectivity index (χ0) is 19.0. The standard InChI is InChI=1S/C20H25FN4O2/c1-12-13(2)24-27-19(12)16-11-22-23-18(16)17-8-3-4-9-25(17)20(26)14-6-5-7-15(21)10-14/h5-7,10,16-18,22-23H,3-4,8-9,11H2,1-2H3. The highest BCUT2D eigenvalue weighted by Crippen LogP contribution is 2.33. The van der Waals surface area contributed by atoms with Crippen molar-refractivity contribution < 1.29 is 13.7 Å². The van der Waals surface area contributed by atoms with Crippen LogP contribution in [0.2, 0.25) is 0 Å². The SMILES string of the molecule is Cc1noc(C2CNNC2C2CCCCN2C(=O)c2cccc(F)c2)c1C. The molecule has 0 radical (unpaired) electrons. The van der Waals surface area contributed by atoms with E-state index >= 15 is 0 Å². The summed E-state index contributed by atoms with van der Waals surface area (Å²) in [6.07, 6.45) is 2.93. The summed E-state index contributed by atoms with van der Waals surface area (Å²) in [4.78, 5) is 15.0. The lowest BCUT2D eigenvalue weighted by Crippen LogP contribution is -2.55. The van der Waals surface area contributed by atoms with Crippen LogP contribution < -0.4 is 10.9 Å². The monoisotopic (exact) mass is 372 g/mol. The van der Waals surface area contributed by atoms with Crippen LogP contribution in [0, 0.1) is 19.7 Å². The number of nitrogens with zero attached hydrogens (tertiary/aromatic N) is 2. The van der Waals surface area contributed by atoms with Crippen LogP contribution in [0.1, 0.15) is 52.6 Å². The molecule has 3 atom stereocenters. The smallest absolute Gasteiger partial charge is 0.254 e. The second kappa shape index (κ2) is 7.40. The molecule has 6 nitrogen and oxygen atoms in total. The number of carbonyl (C=O) groups is 1. The van der Waals surface area contributed by atoms with Crippen molar-refractivity contribution in [3.63, 3.8) is 0 Å². The molecule has 27 heavy (non-hydrogen) atoms. The molecule has 3 heterocycles. The number of piperidine rings is 1. The Morgan fingerprint density at radius 1 is 1.33 bits per heavy atom. The van der Waals surface area contributed by atoms with Gasteiger partial charge in [0.05, 0.1) is 17.7 Å². The summed E-state index contributed by atoms with van der Waals surface area (Å²) in [5.41, 5.74) is 8.94. The van der Waals surface area contributed by atoms with Gasteiger partial charge in [0, 0.05) is 30.3 Å². The lowest BCUT2D eigenvalue weighted by molar-refractivity contribution is 0.0544. The highest BCUT2D eigenvalue weighted by atomic mass is 19.1. The van der Waals surface area contributed by atoms with Gasteiger partial charge in [-0.1, -0.05) is 11.2 Å². The Hall–Kier alpha value is -2.25. The van der Waals surface area contributed by atoms with E-state index in [1.54, 1.807) is 12.1 Å². The van der Waals surface area contributed by atoms with Crippen molar-refractivity contribution in [1.82, 2.24) is 20.9 Å². The molecule has 3 unspecified atom stereocenters. The molecule has 144 valence electrons. The van der Waals surface area contributed by atoms with Crippen LogP contribution in [0.4, 0.5) is 4.39 Å². The van der Waals surface area contributed by atoms with Crippen LogP contribution in [0.5, 0.6) is 0 Å². The third-order valence-corrected chi connectivity index (χ3v) is 5.85. The summed E-state index contributed by atoms with van der Waals surface area (Å²) >= 11 is 0. The normalized spacial score (nSPS) is 25.7. The van der Waals surface area contributed by atoms with E-state index < -0.39 is 0 Å². The summed E-state index contributed by atoms with van der Waals surface area (Å²) in [6.45, 7) is 5.36. The number of benzene rings is 1. The van der Waals surface area contributed by atoms with E-state index in [0.29, 0.717) is 12.1 Å². The number of hydrogen-bond donors (Lipinski definition) is 2. The first kappa shape index (κ1) is 18.1. The second-order valence-corrected chi connectivity index (χ2v) is 7.49. The molecule has 2 aliphatic rings. The minimum absolute atomic E-state index is 0.0133. The number of amides is 1. The fourth-order valence-corrected chi connectivity index (χ4v) is 4.28. The van der Waals surface area contributed by atoms with Gasteiger partial charge >= 0.3 is 0 Å². The molecule has 1 aromatic heterocycles. The molecular formula is C20H25FN4O2. The van der Waals surface area contributed by atoms with E-state index in [0.717, 1.165) is 42.8 Å². The Morgan fingerprint density at radius 3 is 2.93 bits per heavy atom. The molecule has 2 N–H and O–H groups in total. The Labute approximate surface area is 158 Å². The first-order valence-corrected chi connectivity index (χ1v) is 9.54. The molecule has 2 saturated heterocycles. The predicted octanol–water partition coefficient (Wildman–Crippen LogP) is 2.69. The van der Waals surface area contributed by atoms with E-state index in [2.05, 4.69) is 16.0 Å².